The molecule has 0 saturated carbocycles. The molecule has 4 rings (SSSR count). The van der Waals surface area contributed by atoms with E-state index in [-0.39, 0.29) is 17.6 Å². The molecular weight excluding hydrogens is 529 g/mol. The molecule has 12 heteroatoms. The number of halogens is 2. The Balaban J connectivity index is 1.40. The Morgan fingerprint density at radius 2 is 2.00 bits per heavy atom. The number of rotatable bonds is 4. The molecule has 0 spiro atoms. The second-order valence-corrected chi connectivity index (χ2v) is 9.10. The zero-order chi connectivity index (χ0) is 24.4. The minimum atomic E-state index is -0.631. The molecule has 1 aromatic heterocycles. The summed E-state index contributed by atoms with van der Waals surface area (Å²) in [6.07, 6.45) is 1.94. The molecule has 1 unspecified atom stereocenters. The van der Waals surface area contributed by atoms with Crippen LogP contribution in [0.25, 0.3) is 0 Å². The minimum absolute atomic E-state index is 0.107. The van der Waals surface area contributed by atoms with E-state index in [4.69, 9.17) is 21.7 Å². The van der Waals surface area contributed by atoms with Crippen LogP contribution in [0, 0.1) is 5.82 Å². The molecule has 3 heterocycles. The lowest BCUT2D eigenvalue weighted by Crippen LogP contribution is -2.49. The van der Waals surface area contributed by atoms with Gasteiger partial charge in [-0.15, -0.1) is 0 Å². The number of cyclic esters (lactones) is 1. The predicted molar refractivity (Wildman–Crippen MR) is 131 cm³/mol. The second kappa shape index (κ2) is 10.1. The number of nitrogens with zero attached hydrogens (tertiary/aromatic N) is 5. The number of likely N-dealkylation sites (N-methyl/N-ethyl adjacent to an activating group) is 1. The van der Waals surface area contributed by atoms with E-state index in [1.54, 1.807) is 36.3 Å². The van der Waals surface area contributed by atoms with Gasteiger partial charge in [0, 0.05) is 50.1 Å². The summed E-state index contributed by atoms with van der Waals surface area (Å²) < 4.78 is 26.1. The Kier molecular flexibility index (Phi) is 7.17. The van der Waals surface area contributed by atoms with Crippen LogP contribution in [0.3, 0.4) is 0 Å². The van der Waals surface area contributed by atoms with Gasteiger partial charge in [-0.05, 0) is 52.4 Å². The summed E-state index contributed by atoms with van der Waals surface area (Å²) in [5.74, 6) is -0.560. The van der Waals surface area contributed by atoms with Crippen LogP contribution in [-0.4, -0.2) is 85.1 Å². The molecule has 0 N–H and O–H groups in total. The third-order valence-corrected chi connectivity index (χ3v) is 6.68. The number of benzene rings is 1. The number of amides is 2. The van der Waals surface area contributed by atoms with Crippen molar-refractivity contribution >= 4 is 56.7 Å². The molecule has 2 fully saturated rings. The average molecular weight is 552 g/mol. The van der Waals surface area contributed by atoms with E-state index in [1.165, 1.54) is 29.2 Å². The van der Waals surface area contributed by atoms with Gasteiger partial charge >= 0.3 is 6.09 Å². The van der Waals surface area contributed by atoms with Gasteiger partial charge in [0.25, 0.3) is 11.1 Å². The number of hydrogen-bond acceptors (Lipinski definition) is 7. The van der Waals surface area contributed by atoms with Crippen LogP contribution in [0.4, 0.5) is 20.6 Å². The van der Waals surface area contributed by atoms with Crippen LogP contribution < -0.4 is 9.80 Å². The SMILES string of the molecule is COC(=S)N(C)C1CN(c2ccc(N3CCN(C(=O)c4cncc(Br)c4)CC3)c(F)c2)C(=O)O1. The number of anilines is 2. The summed E-state index contributed by atoms with van der Waals surface area (Å²) in [4.78, 5) is 35.6. The molecule has 0 radical (unpaired) electrons. The van der Waals surface area contributed by atoms with Crippen LogP contribution in [0.15, 0.2) is 41.1 Å². The average Bonchev–Trinajstić information content (AvgIpc) is 3.24. The van der Waals surface area contributed by atoms with Crippen LogP contribution in [0.2, 0.25) is 0 Å². The molecule has 34 heavy (non-hydrogen) atoms. The third-order valence-electron chi connectivity index (χ3n) is 5.79. The quantitative estimate of drug-likeness (QED) is 0.536. The first-order chi connectivity index (χ1) is 16.3. The fourth-order valence-electron chi connectivity index (χ4n) is 3.90. The van der Waals surface area contributed by atoms with E-state index < -0.39 is 18.1 Å². The number of methoxy groups -OCH3 is 1. The maximum Gasteiger partial charge on any atom is 0.416 e. The van der Waals surface area contributed by atoms with E-state index in [2.05, 4.69) is 20.9 Å². The number of aromatic nitrogens is 1. The van der Waals surface area contributed by atoms with Crippen molar-refractivity contribution in [2.75, 3.05) is 56.7 Å². The fourth-order valence-corrected chi connectivity index (χ4v) is 4.39. The molecule has 1 atom stereocenters. The van der Waals surface area contributed by atoms with Crippen molar-refractivity contribution in [3.63, 3.8) is 0 Å². The second-order valence-electron chi connectivity index (χ2n) is 7.84. The van der Waals surface area contributed by atoms with Crippen LogP contribution >= 0.6 is 28.1 Å². The molecule has 2 amide bonds. The summed E-state index contributed by atoms with van der Waals surface area (Å²) in [5.41, 5.74) is 1.31. The summed E-state index contributed by atoms with van der Waals surface area (Å²) >= 11 is 8.40. The number of carbonyl (C=O) groups is 2. The number of pyridine rings is 1. The van der Waals surface area contributed by atoms with Crippen LogP contribution in [0.1, 0.15) is 10.4 Å². The molecule has 180 valence electrons. The molecule has 9 nitrogen and oxygen atoms in total. The van der Waals surface area contributed by atoms with E-state index in [9.17, 15) is 9.59 Å². The molecule has 0 bridgehead atoms. The zero-order valence-electron chi connectivity index (χ0n) is 18.6. The Bertz CT molecular complexity index is 1110. The third kappa shape index (κ3) is 4.92. The van der Waals surface area contributed by atoms with Crippen molar-refractivity contribution in [1.29, 1.82) is 0 Å². The largest absolute Gasteiger partial charge is 0.474 e. The first-order valence-electron chi connectivity index (χ1n) is 10.5. The van der Waals surface area contributed by atoms with E-state index in [1.807, 2.05) is 4.90 Å². The molecular formula is C22H23BrFN5O4S. The lowest BCUT2D eigenvalue weighted by molar-refractivity contribution is 0.0677. The number of piperazine rings is 1. The van der Waals surface area contributed by atoms with Gasteiger partial charge in [0.1, 0.15) is 5.82 Å². The summed E-state index contributed by atoms with van der Waals surface area (Å²) in [5, 5.41) is 0.190. The highest BCUT2D eigenvalue weighted by Gasteiger charge is 2.36. The summed E-state index contributed by atoms with van der Waals surface area (Å²) in [6.45, 7) is 2.06. The molecule has 2 aliphatic rings. The lowest BCUT2D eigenvalue weighted by Gasteiger charge is -2.36. The normalized spacial score (nSPS) is 18.1. The highest BCUT2D eigenvalue weighted by molar-refractivity contribution is 9.10. The van der Waals surface area contributed by atoms with Crippen molar-refractivity contribution in [2.45, 2.75) is 6.23 Å². The molecule has 2 aromatic rings. The molecule has 0 aliphatic carbocycles. The van der Waals surface area contributed by atoms with E-state index in [0.29, 0.717) is 43.1 Å². The standard InChI is InChI=1S/C22H23BrFN5O4S/c1-26(22(34)32-2)19-13-29(21(31)33-19)16-3-4-18(17(24)10-16)27-5-7-28(8-6-27)20(30)14-9-15(23)12-25-11-14/h3-4,9-12,19H,5-8,13H2,1-2H3. The first-order valence-corrected chi connectivity index (χ1v) is 11.7. The van der Waals surface area contributed by atoms with Gasteiger partial charge < -0.3 is 19.3 Å². The molecule has 2 aliphatic heterocycles. The van der Waals surface area contributed by atoms with Gasteiger partial charge in [0.15, 0.2) is 6.23 Å². The summed E-state index contributed by atoms with van der Waals surface area (Å²) in [7, 11) is 3.10. The topological polar surface area (TPSA) is 78.5 Å². The zero-order valence-corrected chi connectivity index (χ0v) is 21.0. The van der Waals surface area contributed by atoms with Crippen molar-refractivity contribution in [3.8, 4) is 0 Å². The first kappa shape index (κ1) is 24.1. The highest BCUT2D eigenvalue weighted by atomic mass is 79.9. The van der Waals surface area contributed by atoms with Gasteiger partial charge in [-0.2, -0.15) is 0 Å². The van der Waals surface area contributed by atoms with Crippen molar-refractivity contribution in [1.82, 2.24) is 14.8 Å². The number of carbonyl (C=O) groups excluding carboxylic acids is 2. The van der Waals surface area contributed by atoms with Crippen LogP contribution in [-0.2, 0) is 9.47 Å². The predicted octanol–water partition coefficient (Wildman–Crippen LogP) is 3.09. The van der Waals surface area contributed by atoms with Crippen molar-refractivity contribution < 1.29 is 23.5 Å². The molecule has 2 saturated heterocycles. The Hall–Kier alpha value is -2.99. The smallest absolute Gasteiger partial charge is 0.416 e. The monoisotopic (exact) mass is 551 g/mol. The maximum atomic E-state index is 15.1. The van der Waals surface area contributed by atoms with Crippen molar-refractivity contribution in [3.05, 3.63) is 52.5 Å². The summed E-state index contributed by atoms with van der Waals surface area (Å²) in [6, 6.07) is 6.37. The maximum absolute atomic E-state index is 15.1. The lowest BCUT2D eigenvalue weighted by atomic mass is 10.2. The van der Waals surface area contributed by atoms with Gasteiger partial charge in [0.2, 0.25) is 0 Å². The highest BCUT2D eigenvalue weighted by Crippen LogP contribution is 2.29. The number of thiocarbonyl (C=S) groups is 1. The number of hydrogen-bond donors (Lipinski definition) is 0. The minimum Gasteiger partial charge on any atom is -0.474 e. The van der Waals surface area contributed by atoms with Crippen molar-refractivity contribution in [2.24, 2.45) is 0 Å². The van der Waals surface area contributed by atoms with E-state index in [0.717, 1.165) is 4.47 Å². The number of ether oxygens (including phenoxy) is 2. The van der Waals surface area contributed by atoms with Crippen LogP contribution in [0.5, 0.6) is 0 Å². The van der Waals surface area contributed by atoms with Gasteiger partial charge in [-0.25, -0.2) is 9.18 Å². The van der Waals surface area contributed by atoms with E-state index >= 15 is 4.39 Å². The Labute approximate surface area is 210 Å². The molecule has 1 aromatic carbocycles. The Morgan fingerprint density at radius 1 is 1.26 bits per heavy atom. The van der Waals surface area contributed by atoms with Gasteiger partial charge in [0.05, 0.1) is 30.6 Å². The van der Waals surface area contributed by atoms with Gasteiger partial charge in [-0.1, -0.05) is 0 Å². The fraction of sp³-hybridized carbons (Fsp3) is 0.364. The van der Waals surface area contributed by atoms with Gasteiger partial charge in [-0.3, -0.25) is 19.6 Å². The Morgan fingerprint density at radius 3 is 2.65 bits per heavy atom.